The summed E-state index contributed by atoms with van der Waals surface area (Å²) in [4.78, 5) is 12.3. The number of nitrogens with one attached hydrogen (secondary N) is 1. The van der Waals surface area contributed by atoms with E-state index in [0.29, 0.717) is 23.0 Å². The predicted octanol–water partition coefficient (Wildman–Crippen LogP) is 3.64. The Morgan fingerprint density at radius 3 is 2.56 bits per heavy atom. The van der Waals surface area contributed by atoms with E-state index < -0.39 is 0 Å². The van der Waals surface area contributed by atoms with Gasteiger partial charge in [-0.15, -0.1) is 0 Å². The van der Waals surface area contributed by atoms with Crippen molar-refractivity contribution in [3.8, 4) is 5.75 Å². The number of carbonyl (C=O) groups is 1. The molecule has 1 aromatic heterocycles. The summed E-state index contributed by atoms with van der Waals surface area (Å²) in [7, 11) is 0. The maximum absolute atomic E-state index is 12.9. The highest BCUT2D eigenvalue weighted by molar-refractivity contribution is 6.30. The first-order valence-corrected chi connectivity index (χ1v) is 7.92. The normalized spacial score (nSPS) is 10.5. The maximum Gasteiger partial charge on any atom is 0.269 e. The summed E-state index contributed by atoms with van der Waals surface area (Å²) < 4.78 is 19.9. The van der Waals surface area contributed by atoms with E-state index in [1.807, 2.05) is 0 Å². The van der Waals surface area contributed by atoms with Gasteiger partial charge in [0, 0.05) is 17.8 Å². The lowest BCUT2D eigenvalue weighted by atomic mass is 10.2. The maximum atomic E-state index is 12.9. The second kappa shape index (κ2) is 7.81. The Balaban J connectivity index is 1.59. The highest BCUT2D eigenvalue weighted by Gasteiger charge is 2.12. The molecular weight excluding hydrogens is 345 g/mol. The van der Waals surface area contributed by atoms with Gasteiger partial charge in [0.15, 0.2) is 6.73 Å². The predicted molar refractivity (Wildman–Crippen MR) is 91.9 cm³/mol. The van der Waals surface area contributed by atoms with Gasteiger partial charge in [-0.25, -0.2) is 9.07 Å². The summed E-state index contributed by atoms with van der Waals surface area (Å²) in [6, 6.07) is 14.5. The van der Waals surface area contributed by atoms with E-state index in [4.69, 9.17) is 16.3 Å². The first-order chi connectivity index (χ1) is 12.1. The zero-order valence-electron chi connectivity index (χ0n) is 13.2. The molecule has 0 saturated heterocycles. The van der Waals surface area contributed by atoms with Gasteiger partial charge in [-0.1, -0.05) is 23.7 Å². The van der Waals surface area contributed by atoms with Gasteiger partial charge in [0.25, 0.3) is 5.91 Å². The molecule has 25 heavy (non-hydrogen) atoms. The van der Waals surface area contributed by atoms with Gasteiger partial charge in [0.05, 0.1) is 0 Å². The Hall–Kier alpha value is -2.86. The summed E-state index contributed by atoms with van der Waals surface area (Å²) in [5.41, 5.74) is 1.18. The number of benzene rings is 2. The first-order valence-electron chi connectivity index (χ1n) is 7.54. The van der Waals surface area contributed by atoms with Crippen molar-refractivity contribution in [1.82, 2.24) is 15.1 Å². The lowest BCUT2D eigenvalue weighted by molar-refractivity contribution is 0.0929. The third-order valence-electron chi connectivity index (χ3n) is 3.48. The van der Waals surface area contributed by atoms with Crippen LogP contribution in [-0.4, -0.2) is 15.7 Å². The van der Waals surface area contributed by atoms with Gasteiger partial charge in [-0.05, 0) is 48.0 Å². The molecule has 0 fully saturated rings. The second-order valence-electron chi connectivity index (χ2n) is 5.25. The summed E-state index contributed by atoms with van der Waals surface area (Å²) in [6.07, 6.45) is 1.53. The minimum Gasteiger partial charge on any atom is -0.471 e. The molecule has 5 nitrogen and oxygen atoms in total. The number of carbonyl (C=O) groups excluding carboxylic acids is 1. The van der Waals surface area contributed by atoms with E-state index in [9.17, 15) is 9.18 Å². The summed E-state index contributed by atoms with van der Waals surface area (Å²) in [6.45, 7) is 0.385. The number of ether oxygens (including phenoxy) is 1. The highest BCUT2D eigenvalue weighted by atomic mass is 35.5. The van der Waals surface area contributed by atoms with Crippen LogP contribution in [0, 0.1) is 5.82 Å². The number of rotatable bonds is 6. The van der Waals surface area contributed by atoms with Crippen LogP contribution < -0.4 is 10.1 Å². The lowest BCUT2D eigenvalue weighted by Crippen LogP contribution is -2.26. The molecular formula is C18H15ClFN3O2. The SMILES string of the molecule is O=C(NCc1ccc(F)cc1)c1ccnn1COc1ccc(Cl)cc1. The molecule has 0 unspecified atom stereocenters. The van der Waals surface area contributed by atoms with Crippen LogP contribution in [0.3, 0.4) is 0 Å². The van der Waals surface area contributed by atoms with Crippen molar-refractivity contribution in [2.75, 3.05) is 0 Å². The van der Waals surface area contributed by atoms with E-state index in [1.54, 1.807) is 42.5 Å². The molecule has 0 spiro atoms. The quantitative estimate of drug-likeness (QED) is 0.731. The van der Waals surface area contributed by atoms with Gasteiger partial charge < -0.3 is 10.1 Å². The second-order valence-corrected chi connectivity index (χ2v) is 5.69. The third-order valence-corrected chi connectivity index (χ3v) is 3.73. The average Bonchev–Trinajstić information content (AvgIpc) is 3.09. The molecule has 7 heteroatoms. The van der Waals surface area contributed by atoms with Crippen LogP contribution in [0.5, 0.6) is 5.75 Å². The fourth-order valence-corrected chi connectivity index (χ4v) is 2.30. The van der Waals surface area contributed by atoms with Gasteiger partial charge in [0.1, 0.15) is 17.3 Å². The first kappa shape index (κ1) is 17.0. The Morgan fingerprint density at radius 2 is 1.84 bits per heavy atom. The smallest absolute Gasteiger partial charge is 0.269 e. The van der Waals surface area contributed by atoms with Gasteiger partial charge in [-0.3, -0.25) is 4.79 Å². The molecule has 2 aromatic carbocycles. The molecule has 0 aliphatic rings. The molecule has 0 aliphatic heterocycles. The van der Waals surface area contributed by atoms with Crippen molar-refractivity contribution >= 4 is 17.5 Å². The molecule has 1 N–H and O–H groups in total. The molecule has 0 aliphatic carbocycles. The zero-order chi connectivity index (χ0) is 17.6. The van der Waals surface area contributed by atoms with E-state index in [1.165, 1.54) is 23.0 Å². The molecule has 3 aromatic rings. The minimum absolute atomic E-state index is 0.0912. The van der Waals surface area contributed by atoms with Crippen LogP contribution >= 0.6 is 11.6 Å². The van der Waals surface area contributed by atoms with Crippen LogP contribution in [-0.2, 0) is 13.3 Å². The Kier molecular flexibility index (Phi) is 5.30. The molecule has 1 heterocycles. The zero-order valence-corrected chi connectivity index (χ0v) is 13.9. The van der Waals surface area contributed by atoms with Crippen LogP contribution in [0.1, 0.15) is 16.1 Å². The molecule has 1 amide bonds. The Bertz CT molecular complexity index is 848. The number of hydrogen-bond donors (Lipinski definition) is 1. The topological polar surface area (TPSA) is 56.2 Å². The third kappa shape index (κ3) is 4.58. The van der Waals surface area contributed by atoms with Crippen LogP contribution in [0.15, 0.2) is 60.8 Å². The standard InChI is InChI=1S/C18H15ClFN3O2/c19-14-3-7-16(8-4-14)25-12-23-17(9-10-22-23)18(24)21-11-13-1-5-15(20)6-2-13/h1-10H,11-12H2,(H,21,24). The van der Waals surface area contributed by atoms with Crippen molar-refractivity contribution in [2.24, 2.45) is 0 Å². The van der Waals surface area contributed by atoms with E-state index in [0.717, 1.165) is 5.56 Å². The van der Waals surface area contributed by atoms with Crippen molar-refractivity contribution in [3.05, 3.63) is 82.9 Å². The molecule has 0 atom stereocenters. The lowest BCUT2D eigenvalue weighted by Gasteiger charge is -2.10. The molecule has 0 bridgehead atoms. The summed E-state index contributed by atoms with van der Waals surface area (Å²) in [5, 5.41) is 7.48. The van der Waals surface area contributed by atoms with Crippen LogP contribution in [0.4, 0.5) is 4.39 Å². The average molecular weight is 360 g/mol. The largest absolute Gasteiger partial charge is 0.471 e. The van der Waals surface area contributed by atoms with E-state index in [-0.39, 0.29) is 18.5 Å². The number of amides is 1. The van der Waals surface area contributed by atoms with Crippen molar-refractivity contribution in [3.63, 3.8) is 0 Å². The van der Waals surface area contributed by atoms with Gasteiger partial charge in [-0.2, -0.15) is 5.10 Å². The van der Waals surface area contributed by atoms with Crippen molar-refractivity contribution < 1.29 is 13.9 Å². The summed E-state index contributed by atoms with van der Waals surface area (Å²) in [5.74, 6) is 0.0200. The Morgan fingerprint density at radius 1 is 1.12 bits per heavy atom. The van der Waals surface area contributed by atoms with Crippen LogP contribution in [0.25, 0.3) is 0 Å². The molecule has 0 saturated carbocycles. The van der Waals surface area contributed by atoms with Crippen molar-refractivity contribution in [2.45, 2.75) is 13.3 Å². The van der Waals surface area contributed by atoms with E-state index in [2.05, 4.69) is 10.4 Å². The van der Waals surface area contributed by atoms with Crippen LogP contribution in [0.2, 0.25) is 5.02 Å². The molecule has 0 radical (unpaired) electrons. The fourth-order valence-electron chi connectivity index (χ4n) is 2.17. The van der Waals surface area contributed by atoms with E-state index >= 15 is 0 Å². The van der Waals surface area contributed by atoms with Gasteiger partial charge >= 0.3 is 0 Å². The minimum atomic E-state index is -0.312. The molecule has 3 rings (SSSR count). The number of hydrogen-bond acceptors (Lipinski definition) is 3. The van der Waals surface area contributed by atoms with Gasteiger partial charge in [0.2, 0.25) is 0 Å². The monoisotopic (exact) mass is 359 g/mol. The fraction of sp³-hybridized carbons (Fsp3) is 0.111. The molecule has 128 valence electrons. The summed E-state index contributed by atoms with van der Waals surface area (Å²) >= 11 is 5.83. The number of halogens is 2. The van der Waals surface area contributed by atoms with Crippen molar-refractivity contribution in [1.29, 1.82) is 0 Å². The highest BCUT2D eigenvalue weighted by Crippen LogP contribution is 2.16. The number of nitrogens with zero attached hydrogens (tertiary/aromatic N) is 2. The number of aromatic nitrogens is 2. The Labute approximate surface area is 149 Å².